The third-order valence-corrected chi connectivity index (χ3v) is 5.48. The van der Waals surface area contributed by atoms with Crippen LogP contribution >= 0.6 is 23.1 Å². The monoisotopic (exact) mass is 378 g/mol. The average molecular weight is 378 g/mol. The van der Waals surface area contributed by atoms with Gasteiger partial charge in [-0.25, -0.2) is 4.79 Å². The molecule has 2 rings (SSSR count). The van der Waals surface area contributed by atoms with Crippen molar-refractivity contribution in [3.8, 4) is 5.40 Å². The van der Waals surface area contributed by atoms with Crippen molar-refractivity contribution in [1.82, 2.24) is 9.78 Å². The summed E-state index contributed by atoms with van der Waals surface area (Å²) in [5.41, 5.74) is 1.80. The van der Waals surface area contributed by atoms with E-state index in [4.69, 9.17) is 10.00 Å². The Bertz CT molecular complexity index is 848. The van der Waals surface area contributed by atoms with Crippen LogP contribution in [0.1, 0.15) is 45.3 Å². The standard InChI is InChI=1S/C16H18N4O3S2/c1-5-20-11(7-9(3)19-20)14(21)18-15-12(24-8-17)10(4)13(25-15)16(22)23-6-2/h7H,5-6H2,1-4H3,(H,18,21). The van der Waals surface area contributed by atoms with E-state index in [2.05, 4.69) is 10.4 Å². The first-order valence-electron chi connectivity index (χ1n) is 7.65. The van der Waals surface area contributed by atoms with Gasteiger partial charge in [0.25, 0.3) is 5.91 Å². The van der Waals surface area contributed by atoms with Gasteiger partial charge in [-0.3, -0.25) is 9.48 Å². The van der Waals surface area contributed by atoms with Crippen LogP contribution in [-0.2, 0) is 11.3 Å². The summed E-state index contributed by atoms with van der Waals surface area (Å²) in [6.45, 7) is 7.99. The minimum absolute atomic E-state index is 0.257. The van der Waals surface area contributed by atoms with Crippen molar-refractivity contribution in [2.75, 3.05) is 11.9 Å². The van der Waals surface area contributed by atoms with Crippen LogP contribution in [0, 0.1) is 24.5 Å². The lowest BCUT2D eigenvalue weighted by Crippen LogP contribution is -2.17. The second kappa shape index (κ2) is 8.18. The molecule has 0 radical (unpaired) electrons. The third-order valence-electron chi connectivity index (χ3n) is 3.36. The van der Waals surface area contributed by atoms with E-state index in [0.717, 1.165) is 28.8 Å². The summed E-state index contributed by atoms with van der Waals surface area (Å²) in [6, 6.07) is 1.70. The topological polar surface area (TPSA) is 97.0 Å². The largest absolute Gasteiger partial charge is 0.462 e. The number of hydrogen-bond donors (Lipinski definition) is 1. The van der Waals surface area contributed by atoms with Gasteiger partial charge in [0.2, 0.25) is 0 Å². The maximum absolute atomic E-state index is 12.6. The van der Waals surface area contributed by atoms with Crippen molar-refractivity contribution in [2.45, 2.75) is 39.1 Å². The Kier molecular flexibility index (Phi) is 6.22. The lowest BCUT2D eigenvalue weighted by molar-refractivity contribution is 0.0531. The van der Waals surface area contributed by atoms with Crippen molar-refractivity contribution in [3.05, 3.63) is 27.9 Å². The van der Waals surface area contributed by atoms with Crippen LogP contribution in [0.25, 0.3) is 0 Å². The molecule has 0 fully saturated rings. The fraction of sp³-hybridized carbons (Fsp3) is 0.375. The first-order chi connectivity index (χ1) is 11.9. The molecule has 0 unspecified atom stereocenters. The Hall–Kier alpha value is -2.31. The highest BCUT2D eigenvalue weighted by atomic mass is 32.2. The number of rotatable bonds is 6. The molecule has 2 aromatic rings. The number of anilines is 1. The van der Waals surface area contributed by atoms with E-state index in [-0.39, 0.29) is 12.5 Å². The van der Waals surface area contributed by atoms with Crippen molar-refractivity contribution < 1.29 is 14.3 Å². The molecule has 0 spiro atoms. The normalized spacial score (nSPS) is 10.4. The number of nitrogens with one attached hydrogen (secondary N) is 1. The molecule has 9 heteroatoms. The molecule has 7 nitrogen and oxygen atoms in total. The van der Waals surface area contributed by atoms with Crippen LogP contribution < -0.4 is 5.32 Å². The molecule has 0 aliphatic heterocycles. The van der Waals surface area contributed by atoms with Gasteiger partial charge >= 0.3 is 5.97 Å². The van der Waals surface area contributed by atoms with Crippen molar-refractivity contribution in [3.63, 3.8) is 0 Å². The fourth-order valence-electron chi connectivity index (χ4n) is 2.28. The van der Waals surface area contributed by atoms with Gasteiger partial charge in [0.15, 0.2) is 0 Å². The molecule has 0 aliphatic rings. The molecular formula is C16H18N4O3S2. The minimum Gasteiger partial charge on any atom is -0.462 e. The van der Waals surface area contributed by atoms with Crippen molar-refractivity contribution >= 4 is 40.0 Å². The van der Waals surface area contributed by atoms with Crippen LogP contribution in [0.3, 0.4) is 0 Å². The number of esters is 1. The zero-order chi connectivity index (χ0) is 18.6. The second-order valence-corrected chi connectivity index (χ2v) is 6.88. The van der Waals surface area contributed by atoms with E-state index < -0.39 is 5.97 Å². The number of carbonyl (C=O) groups is 2. The van der Waals surface area contributed by atoms with Crippen molar-refractivity contribution in [2.24, 2.45) is 0 Å². The summed E-state index contributed by atoms with van der Waals surface area (Å²) in [5.74, 6) is -0.793. The Morgan fingerprint density at radius 1 is 1.44 bits per heavy atom. The van der Waals surface area contributed by atoms with Gasteiger partial charge in [0, 0.05) is 6.54 Å². The predicted octanol–water partition coefficient (Wildman–Crippen LogP) is 3.58. The van der Waals surface area contributed by atoms with E-state index in [1.54, 1.807) is 24.6 Å². The highest BCUT2D eigenvalue weighted by Gasteiger charge is 2.24. The molecule has 25 heavy (non-hydrogen) atoms. The molecule has 0 atom stereocenters. The maximum atomic E-state index is 12.6. The molecule has 2 heterocycles. The molecule has 0 saturated carbocycles. The minimum atomic E-state index is -0.459. The lowest BCUT2D eigenvalue weighted by Gasteiger charge is -2.06. The Labute approximate surface area is 154 Å². The van der Waals surface area contributed by atoms with Gasteiger partial charge in [0.05, 0.1) is 17.2 Å². The van der Waals surface area contributed by atoms with Crippen LogP contribution in [0.2, 0.25) is 0 Å². The van der Waals surface area contributed by atoms with Gasteiger partial charge in [-0.05, 0) is 51.1 Å². The summed E-state index contributed by atoms with van der Waals surface area (Å²) < 4.78 is 6.64. The number of thiocyanates is 1. The summed E-state index contributed by atoms with van der Waals surface area (Å²) in [6.07, 6.45) is 0. The highest BCUT2D eigenvalue weighted by molar-refractivity contribution is 8.04. The van der Waals surface area contributed by atoms with Gasteiger partial charge in [-0.1, -0.05) is 0 Å². The smallest absolute Gasteiger partial charge is 0.348 e. The zero-order valence-electron chi connectivity index (χ0n) is 14.4. The Morgan fingerprint density at radius 3 is 2.76 bits per heavy atom. The number of hydrogen-bond acceptors (Lipinski definition) is 7. The molecule has 0 aliphatic carbocycles. The van der Waals surface area contributed by atoms with Gasteiger partial charge in [-0.15, -0.1) is 11.3 Å². The zero-order valence-corrected chi connectivity index (χ0v) is 16.0. The van der Waals surface area contributed by atoms with E-state index in [0.29, 0.717) is 32.6 Å². The van der Waals surface area contributed by atoms with E-state index in [1.165, 1.54) is 0 Å². The SMILES string of the molecule is CCOC(=O)c1sc(NC(=O)c2cc(C)nn2CC)c(SC#N)c1C. The van der Waals surface area contributed by atoms with Crippen LogP contribution in [0.4, 0.5) is 5.00 Å². The number of aromatic nitrogens is 2. The molecular weight excluding hydrogens is 360 g/mol. The number of thioether (sulfide) groups is 1. The second-order valence-electron chi connectivity index (χ2n) is 5.07. The van der Waals surface area contributed by atoms with Gasteiger partial charge in [-0.2, -0.15) is 10.4 Å². The lowest BCUT2D eigenvalue weighted by atomic mass is 10.3. The quantitative estimate of drug-likeness (QED) is 0.469. The van der Waals surface area contributed by atoms with E-state index in [9.17, 15) is 9.59 Å². The van der Waals surface area contributed by atoms with Crippen molar-refractivity contribution in [1.29, 1.82) is 5.26 Å². The summed E-state index contributed by atoms with van der Waals surface area (Å²) >= 11 is 2.02. The van der Waals surface area contributed by atoms with E-state index in [1.807, 2.05) is 19.2 Å². The number of aryl methyl sites for hydroxylation is 2. The summed E-state index contributed by atoms with van der Waals surface area (Å²) in [4.78, 5) is 25.6. The maximum Gasteiger partial charge on any atom is 0.348 e. The summed E-state index contributed by atoms with van der Waals surface area (Å²) in [5, 5.41) is 18.5. The molecule has 0 aromatic carbocycles. The Morgan fingerprint density at radius 2 is 2.16 bits per heavy atom. The van der Waals surface area contributed by atoms with Crippen LogP contribution in [0.5, 0.6) is 0 Å². The molecule has 132 valence electrons. The fourth-order valence-corrected chi connectivity index (χ4v) is 4.07. The number of nitrogens with zero attached hydrogens (tertiary/aromatic N) is 3. The number of thiophene rings is 1. The first kappa shape index (κ1) is 19.0. The van der Waals surface area contributed by atoms with Crippen LogP contribution in [-0.4, -0.2) is 28.3 Å². The molecule has 2 aromatic heterocycles. The molecule has 1 N–H and O–H groups in total. The van der Waals surface area contributed by atoms with Gasteiger partial charge < -0.3 is 10.1 Å². The molecule has 0 saturated heterocycles. The number of nitriles is 1. The Balaban J connectivity index is 2.37. The van der Waals surface area contributed by atoms with E-state index >= 15 is 0 Å². The number of carbonyl (C=O) groups excluding carboxylic acids is 2. The highest BCUT2D eigenvalue weighted by Crippen LogP contribution is 2.40. The van der Waals surface area contributed by atoms with Crippen LogP contribution in [0.15, 0.2) is 11.0 Å². The first-order valence-corrected chi connectivity index (χ1v) is 9.28. The molecule has 1 amide bonds. The third kappa shape index (κ3) is 4.03. The number of ether oxygens (including phenoxy) is 1. The average Bonchev–Trinajstić information content (AvgIpc) is 3.10. The number of amides is 1. The summed E-state index contributed by atoms with van der Waals surface area (Å²) in [7, 11) is 0. The van der Waals surface area contributed by atoms with Gasteiger partial charge in [0.1, 0.15) is 21.0 Å². The molecule has 0 bridgehead atoms. The predicted molar refractivity (Wildman–Crippen MR) is 97.1 cm³/mol.